The fraction of sp³-hybridized carbons (Fsp3) is 0.417. The molecule has 0 aromatic heterocycles. The van der Waals surface area contributed by atoms with Crippen LogP contribution in [0.1, 0.15) is 12.5 Å². The van der Waals surface area contributed by atoms with E-state index in [0.29, 0.717) is 17.3 Å². The van der Waals surface area contributed by atoms with Crippen molar-refractivity contribution in [2.75, 3.05) is 13.7 Å². The van der Waals surface area contributed by atoms with E-state index < -0.39 is 11.6 Å². The highest BCUT2D eigenvalue weighted by Gasteiger charge is 2.29. The number of hydrogen-bond donors (Lipinski definition) is 3. The van der Waals surface area contributed by atoms with E-state index in [0.717, 1.165) is 5.56 Å². The summed E-state index contributed by atoms with van der Waals surface area (Å²) < 4.78 is 5.15. The molecule has 0 radical (unpaired) electrons. The van der Waals surface area contributed by atoms with Gasteiger partial charge in [-0.2, -0.15) is 0 Å². The Morgan fingerprint density at radius 1 is 1.56 bits per heavy atom. The normalized spacial score (nSPS) is 14.0. The van der Waals surface area contributed by atoms with Gasteiger partial charge >= 0.3 is 5.97 Å². The minimum Gasteiger partial charge on any atom is -0.496 e. The molecule has 0 aliphatic rings. The molecule has 1 unspecified atom stereocenters. The van der Waals surface area contributed by atoms with E-state index in [2.05, 4.69) is 5.32 Å². The Balaban J connectivity index is 2.67. The fourth-order valence-electron chi connectivity index (χ4n) is 1.41. The fourth-order valence-corrected chi connectivity index (χ4v) is 1.64. The minimum atomic E-state index is -1.81. The summed E-state index contributed by atoms with van der Waals surface area (Å²) in [6, 6.07) is 5.24. The first-order valence-electron chi connectivity index (χ1n) is 5.36. The number of hydrogen-bond acceptors (Lipinski definition) is 4. The van der Waals surface area contributed by atoms with Crippen molar-refractivity contribution in [1.82, 2.24) is 5.32 Å². The Hall–Kier alpha value is -1.30. The van der Waals surface area contributed by atoms with E-state index in [1.165, 1.54) is 14.0 Å². The lowest BCUT2D eigenvalue weighted by molar-refractivity contribution is -0.156. The van der Waals surface area contributed by atoms with Gasteiger partial charge < -0.3 is 20.3 Å². The highest BCUT2D eigenvalue weighted by molar-refractivity contribution is 6.31. The molecule has 5 nitrogen and oxygen atoms in total. The zero-order valence-corrected chi connectivity index (χ0v) is 11.0. The number of benzene rings is 1. The van der Waals surface area contributed by atoms with Gasteiger partial charge in [-0.05, 0) is 19.1 Å². The molecule has 0 amide bonds. The van der Waals surface area contributed by atoms with Crippen molar-refractivity contribution >= 4 is 17.6 Å². The van der Waals surface area contributed by atoms with Crippen LogP contribution in [0, 0.1) is 0 Å². The molecule has 6 heteroatoms. The molecule has 1 aromatic rings. The largest absolute Gasteiger partial charge is 0.496 e. The number of methoxy groups -OCH3 is 1. The Morgan fingerprint density at radius 2 is 2.22 bits per heavy atom. The summed E-state index contributed by atoms with van der Waals surface area (Å²) in [7, 11) is 1.53. The van der Waals surface area contributed by atoms with Crippen LogP contribution in [0.5, 0.6) is 5.75 Å². The molecular formula is C12H16ClNO4. The average Bonchev–Trinajstić information content (AvgIpc) is 2.30. The van der Waals surface area contributed by atoms with Crippen molar-refractivity contribution < 1.29 is 19.7 Å². The average molecular weight is 274 g/mol. The first kappa shape index (κ1) is 14.8. The van der Waals surface area contributed by atoms with E-state index in [1.807, 2.05) is 0 Å². The highest BCUT2D eigenvalue weighted by atomic mass is 35.5. The van der Waals surface area contributed by atoms with Gasteiger partial charge in [-0.15, -0.1) is 0 Å². The smallest absolute Gasteiger partial charge is 0.336 e. The molecule has 0 spiro atoms. The molecular weight excluding hydrogens is 258 g/mol. The maximum absolute atomic E-state index is 10.7. The van der Waals surface area contributed by atoms with Crippen molar-refractivity contribution in [3.8, 4) is 5.75 Å². The summed E-state index contributed by atoms with van der Waals surface area (Å²) in [5, 5.41) is 21.7. The number of rotatable bonds is 6. The van der Waals surface area contributed by atoms with Crippen LogP contribution in [-0.2, 0) is 11.3 Å². The molecule has 0 fully saturated rings. The number of ether oxygens (including phenoxy) is 1. The van der Waals surface area contributed by atoms with Gasteiger partial charge in [0.2, 0.25) is 0 Å². The van der Waals surface area contributed by atoms with Crippen LogP contribution in [0.2, 0.25) is 5.02 Å². The third-order valence-electron chi connectivity index (χ3n) is 2.53. The van der Waals surface area contributed by atoms with Crippen molar-refractivity contribution in [2.45, 2.75) is 19.1 Å². The number of halogens is 1. The van der Waals surface area contributed by atoms with E-state index in [-0.39, 0.29) is 6.54 Å². The number of carbonyl (C=O) groups is 1. The van der Waals surface area contributed by atoms with Gasteiger partial charge in [-0.1, -0.05) is 17.7 Å². The topological polar surface area (TPSA) is 78.8 Å². The second kappa shape index (κ2) is 6.04. The van der Waals surface area contributed by atoms with Crippen molar-refractivity contribution in [3.63, 3.8) is 0 Å². The summed E-state index contributed by atoms with van der Waals surface area (Å²) in [5.41, 5.74) is -1.09. The van der Waals surface area contributed by atoms with Crippen molar-refractivity contribution in [2.24, 2.45) is 0 Å². The minimum absolute atomic E-state index is 0.0866. The molecule has 1 rings (SSSR count). The van der Waals surface area contributed by atoms with Gasteiger partial charge in [-0.3, -0.25) is 0 Å². The van der Waals surface area contributed by atoms with Crippen LogP contribution in [0.25, 0.3) is 0 Å². The predicted octanol–water partition coefficient (Wildman–Crippen LogP) is 1.27. The summed E-state index contributed by atoms with van der Waals surface area (Å²) in [4.78, 5) is 10.7. The van der Waals surface area contributed by atoms with E-state index in [4.69, 9.17) is 21.4 Å². The summed E-state index contributed by atoms with van der Waals surface area (Å²) in [6.07, 6.45) is 0. The lowest BCUT2D eigenvalue weighted by Crippen LogP contribution is -2.44. The second-order valence-corrected chi connectivity index (χ2v) is 4.51. The number of aliphatic carboxylic acids is 1. The molecule has 0 heterocycles. The third kappa shape index (κ3) is 3.60. The van der Waals surface area contributed by atoms with E-state index in [9.17, 15) is 9.90 Å². The zero-order chi connectivity index (χ0) is 13.8. The van der Waals surface area contributed by atoms with Gasteiger partial charge in [0, 0.05) is 23.7 Å². The summed E-state index contributed by atoms with van der Waals surface area (Å²) in [5.74, 6) is -0.661. The molecule has 18 heavy (non-hydrogen) atoms. The maximum atomic E-state index is 10.7. The third-order valence-corrected chi connectivity index (χ3v) is 2.88. The van der Waals surface area contributed by atoms with Crippen LogP contribution in [0.15, 0.2) is 18.2 Å². The summed E-state index contributed by atoms with van der Waals surface area (Å²) in [6.45, 7) is 1.45. The van der Waals surface area contributed by atoms with Crippen LogP contribution in [-0.4, -0.2) is 35.4 Å². The van der Waals surface area contributed by atoms with Gasteiger partial charge in [-0.25, -0.2) is 4.79 Å². The maximum Gasteiger partial charge on any atom is 0.336 e. The van der Waals surface area contributed by atoms with Gasteiger partial charge in [0.15, 0.2) is 5.60 Å². The lowest BCUT2D eigenvalue weighted by Gasteiger charge is -2.19. The number of carboxylic acids is 1. The molecule has 0 aliphatic heterocycles. The number of carboxylic acid groups (broad SMARTS) is 1. The Morgan fingerprint density at radius 3 is 2.78 bits per heavy atom. The van der Waals surface area contributed by atoms with E-state index in [1.54, 1.807) is 18.2 Å². The van der Waals surface area contributed by atoms with Crippen molar-refractivity contribution in [1.29, 1.82) is 0 Å². The van der Waals surface area contributed by atoms with Gasteiger partial charge in [0.1, 0.15) is 5.75 Å². The Bertz CT molecular complexity index is 434. The molecule has 1 atom stereocenters. The first-order valence-corrected chi connectivity index (χ1v) is 5.74. The monoisotopic (exact) mass is 273 g/mol. The first-order chi connectivity index (χ1) is 8.38. The van der Waals surface area contributed by atoms with Gasteiger partial charge in [0.25, 0.3) is 0 Å². The van der Waals surface area contributed by atoms with E-state index >= 15 is 0 Å². The lowest BCUT2D eigenvalue weighted by atomic mass is 10.1. The molecule has 0 saturated carbocycles. The number of nitrogens with one attached hydrogen (secondary N) is 1. The molecule has 3 N–H and O–H groups in total. The highest BCUT2D eigenvalue weighted by Crippen LogP contribution is 2.25. The molecule has 0 bridgehead atoms. The van der Waals surface area contributed by atoms with Gasteiger partial charge in [0.05, 0.1) is 7.11 Å². The number of aliphatic hydroxyl groups is 1. The van der Waals surface area contributed by atoms with Crippen LogP contribution in [0.4, 0.5) is 0 Å². The van der Waals surface area contributed by atoms with Crippen LogP contribution in [0.3, 0.4) is 0 Å². The SMILES string of the molecule is COc1cccc(Cl)c1CNCC(C)(O)C(=O)O. The Kier molecular flexibility index (Phi) is 4.95. The second-order valence-electron chi connectivity index (χ2n) is 4.10. The zero-order valence-electron chi connectivity index (χ0n) is 10.2. The molecule has 0 aliphatic carbocycles. The molecule has 0 saturated heterocycles. The quantitative estimate of drug-likeness (QED) is 0.728. The van der Waals surface area contributed by atoms with Crippen LogP contribution < -0.4 is 10.1 Å². The molecule has 100 valence electrons. The standard InChI is InChI=1S/C12H16ClNO4/c1-12(17,11(15)16)7-14-6-8-9(13)4-3-5-10(8)18-2/h3-5,14,17H,6-7H2,1-2H3,(H,15,16). The Labute approximate surface area is 110 Å². The van der Waals surface area contributed by atoms with Crippen LogP contribution >= 0.6 is 11.6 Å². The predicted molar refractivity (Wildman–Crippen MR) is 68.0 cm³/mol. The molecule has 1 aromatic carbocycles. The van der Waals surface area contributed by atoms with Crippen molar-refractivity contribution in [3.05, 3.63) is 28.8 Å². The summed E-state index contributed by atoms with van der Waals surface area (Å²) >= 11 is 6.02.